The molecule has 1 aromatic carbocycles. The predicted molar refractivity (Wildman–Crippen MR) is 120 cm³/mol. The highest BCUT2D eigenvalue weighted by Gasteiger charge is 2.38. The second-order valence-electron chi connectivity index (χ2n) is 9.08. The molecule has 2 aromatic rings. The molecule has 1 aliphatic carbocycles. The quantitative estimate of drug-likeness (QED) is 0.717. The van der Waals surface area contributed by atoms with Crippen LogP contribution in [-0.4, -0.2) is 40.3 Å². The largest absolute Gasteiger partial charge is 0.496 e. The van der Waals surface area contributed by atoms with Crippen molar-refractivity contribution in [1.29, 1.82) is 0 Å². The van der Waals surface area contributed by atoms with Crippen LogP contribution >= 0.6 is 0 Å². The maximum atomic E-state index is 13.0. The van der Waals surface area contributed by atoms with E-state index in [1.807, 2.05) is 36.1 Å². The molecule has 5 rings (SSSR count). The molecule has 7 heteroatoms. The molecule has 1 atom stereocenters. The van der Waals surface area contributed by atoms with Crippen LogP contribution in [0.4, 0.5) is 5.82 Å². The molecule has 3 aliphatic rings. The standard InChI is InChI=1S/C25H30N4O3/c1-16-19-12-13-22(30)29(15-18-7-3-4-11-21(18)32-2)24(19)27-23(26-16)20-10-6-14-28(20)25(31)17-8-5-9-17/h3-4,7,11,17,20H,5-6,8-10,12-15H2,1-2H3/t20-/m1/s1. The third kappa shape index (κ3) is 3.63. The van der Waals surface area contributed by atoms with E-state index in [0.29, 0.717) is 31.0 Å². The Morgan fingerprint density at radius 2 is 1.94 bits per heavy atom. The monoisotopic (exact) mass is 434 g/mol. The van der Waals surface area contributed by atoms with Gasteiger partial charge in [0.25, 0.3) is 0 Å². The highest BCUT2D eigenvalue weighted by molar-refractivity contribution is 5.95. The molecule has 0 radical (unpaired) electrons. The Hall–Kier alpha value is -2.96. The number of rotatable bonds is 5. The van der Waals surface area contributed by atoms with Crippen LogP contribution in [0, 0.1) is 12.8 Å². The Morgan fingerprint density at radius 3 is 2.69 bits per heavy atom. The van der Waals surface area contributed by atoms with Gasteiger partial charge in [-0.2, -0.15) is 0 Å². The first-order valence-electron chi connectivity index (χ1n) is 11.7. The number of carbonyl (C=O) groups excluding carboxylic acids is 2. The first-order valence-corrected chi connectivity index (χ1v) is 11.7. The fourth-order valence-electron chi connectivity index (χ4n) is 5.11. The van der Waals surface area contributed by atoms with E-state index in [1.165, 1.54) is 0 Å². The van der Waals surface area contributed by atoms with E-state index in [9.17, 15) is 9.59 Å². The lowest BCUT2D eigenvalue weighted by atomic mass is 9.84. The van der Waals surface area contributed by atoms with Crippen molar-refractivity contribution >= 4 is 17.6 Å². The zero-order valence-corrected chi connectivity index (χ0v) is 18.8. The molecule has 2 aliphatic heterocycles. The summed E-state index contributed by atoms with van der Waals surface area (Å²) in [7, 11) is 1.64. The average molecular weight is 435 g/mol. The molecule has 1 saturated heterocycles. The van der Waals surface area contributed by atoms with Crippen molar-refractivity contribution in [1.82, 2.24) is 14.9 Å². The molecule has 32 heavy (non-hydrogen) atoms. The van der Waals surface area contributed by atoms with Gasteiger partial charge in [0.2, 0.25) is 11.8 Å². The number of ether oxygens (including phenoxy) is 1. The number of aromatic nitrogens is 2. The maximum absolute atomic E-state index is 13.0. The zero-order chi connectivity index (χ0) is 22.2. The number of anilines is 1. The fourth-order valence-corrected chi connectivity index (χ4v) is 5.11. The number of nitrogens with zero attached hydrogens (tertiary/aromatic N) is 4. The normalized spacial score (nSPS) is 20.8. The van der Waals surface area contributed by atoms with E-state index < -0.39 is 0 Å². The topological polar surface area (TPSA) is 75.6 Å². The zero-order valence-electron chi connectivity index (χ0n) is 18.8. The van der Waals surface area contributed by atoms with Crippen LogP contribution in [-0.2, 0) is 22.6 Å². The Morgan fingerprint density at radius 1 is 1.12 bits per heavy atom. The number of hydrogen-bond donors (Lipinski definition) is 0. The van der Waals surface area contributed by atoms with Gasteiger partial charge >= 0.3 is 0 Å². The van der Waals surface area contributed by atoms with E-state index in [2.05, 4.69) is 0 Å². The molecular formula is C25H30N4O3. The summed E-state index contributed by atoms with van der Waals surface area (Å²) in [5.41, 5.74) is 2.88. The van der Waals surface area contributed by atoms with Gasteiger partial charge < -0.3 is 9.64 Å². The van der Waals surface area contributed by atoms with Crippen LogP contribution in [0.25, 0.3) is 0 Å². The average Bonchev–Trinajstić information content (AvgIpc) is 3.25. The van der Waals surface area contributed by atoms with Gasteiger partial charge in [0.15, 0.2) is 5.82 Å². The molecule has 0 spiro atoms. The molecule has 7 nitrogen and oxygen atoms in total. The van der Waals surface area contributed by atoms with E-state index in [0.717, 1.165) is 61.2 Å². The minimum Gasteiger partial charge on any atom is -0.496 e. The molecular weight excluding hydrogens is 404 g/mol. The summed E-state index contributed by atoms with van der Waals surface area (Å²) in [6, 6.07) is 7.66. The molecule has 2 amide bonds. The maximum Gasteiger partial charge on any atom is 0.228 e. The molecule has 3 heterocycles. The number of methoxy groups -OCH3 is 1. The summed E-state index contributed by atoms with van der Waals surface area (Å²) in [5.74, 6) is 2.59. The summed E-state index contributed by atoms with van der Waals surface area (Å²) in [5, 5.41) is 0. The van der Waals surface area contributed by atoms with Crippen molar-refractivity contribution in [2.24, 2.45) is 5.92 Å². The molecule has 168 valence electrons. The van der Waals surface area contributed by atoms with Gasteiger partial charge in [-0.25, -0.2) is 9.97 Å². The summed E-state index contributed by atoms with van der Waals surface area (Å²) >= 11 is 0. The second-order valence-corrected chi connectivity index (χ2v) is 9.08. The number of carbonyl (C=O) groups is 2. The van der Waals surface area contributed by atoms with Gasteiger partial charge in [-0.05, 0) is 45.1 Å². The van der Waals surface area contributed by atoms with Crippen molar-refractivity contribution in [3.8, 4) is 5.75 Å². The van der Waals surface area contributed by atoms with Crippen molar-refractivity contribution in [2.45, 2.75) is 64.5 Å². The first kappa shape index (κ1) is 20.9. The number of amides is 2. The molecule has 0 bridgehead atoms. The number of aryl methyl sites for hydroxylation is 1. The first-order chi connectivity index (χ1) is 15.6. The molecule has 1 aromatic heterocycles. The van der Waals surface area contributed by atoms with Crippen LogP contribution in [0.1, 0.15) is 67.2 Å². The summed E-state index contributed by atoms with van der Waals surface area (Å²) in [6.45, 7) is 3.17. The van der Waals surface area contributed by atoms with Crippen LogP contribution in [0.3, 0.4) is 0 Å². The van der Waals surface area contributed by atoms with Crippen molar-refractivity contribution in [2.75, 3.05) is 18.6 Å². The van der Waals surface area contributed by atoms with Crippen LogP contribution in [0.5, 0.6) is 5.75 Å². The SMILES string of the molecule is COc1ccccc1CN1C(=O)CCc2c(C)nc([C@H]3CCCN3C(=O)C3CCC3)nc21. The van der Waals surface area contributed by atoms with E-state index in [4.69, 9.17) is 14.7 Å². The number of para-hydroxylation sites is 1. The Balaban J connectivity index is 1.49. The number of likely N-dealkylation sites (tertiary alicyclic amines) is 1. The smallest absolute Gasteiger partial charge is 0.228 e. The highest BCUT2D eigenvalue weighted by atomic mass is 16.5. The van der Waals surface area contributed by atoms with Gasteiger partial charge in [-0.15, -0.1) is 0 Å². The van der Waals surface area contributed by atoms with Gasteiger partial charge in [0, 0.05) is 35.7 Å². The lowest BCUT2D eigenvalue weighted by molar-refractivity contribution is -0.139. The van der Waals surface area contributed by atoms with Crippen LogP contribution in [0.2, 0.25) is 0 Å². The lowest BCUT2D eigenvalue weighted by Gasteiger charge is -2.34. The Labute approximate surface area is 188 Å². The van der Waals surface area contributed by atoms with E-state index in [1.54, 1.807) is 12.0 Å². The number of benzene rings is 1. The van der Waals surface area contributed by atoms with E-state index >= 15 is 0 Å². The minimum absolute atomic E-state index is 0.0567. The fraction of sp³-hybridized carbons (Fsp3) is 0.520. The highest BCUT2D eigenvalue weighted by Crippen LogP contribution is 2.38. The summed E-state index contributed by atoms with van der Waals surface area (Å²) in [4.78, 5) is 39.5. The van der Waals surface area contributed by atoms with Crippen molar-refractivity contribution in [3.63, 3.8) is 0 Å². The van der Waals surface area contributed by atoms with Crippen LogP contribution < -0.4 is 9.64 Å². The second kappa shape index (κ2) is 8.52. The van der Waals surface area contributed by atoms with Crippen molar-refractivity contribution in [3.05, 3.63) is 46.9 Å². The molecule has 2 fully saturated rings. The predicted octanol–water partition coefficient (Wildman–Crippen LogP) is 3.74. The van der Waals surface area contributed by atoms with Crippen LogP contribution in [0.15, 0.2) is 24.3 Å². The number of fused-ring (bicyclic) bond motifs is 1. The Kier molecular flexibility index (Phi) is 5.57. The minimum atomic E-state index is -0.0998. The molecule has 0 N–H and O–H groups in total. The van der Waals surface area contributed by atoms with Gasteiger partial charge in [0.05, 0.1) is 19.7 Å². The molecule has 1 saturated carbocycles. The summed E-state index contributed by atoms with van der Waals surface area (Å²) < 4.78 is 5.50. The van der Waals surface area contributed by atoms with Crippen molar-refractivity contribution < 1.29 is 14.3 Å². The lowest BCUT2D eigenvalue weighted by Crippen LogP contribution is -2.40. The molecule has 0 unspecified atom stereocenters. The van der Waals surface area contributed by atoms with Gasteiger partial charge in [-0.3, -0.25) is 14.5 Å². The van der Waals surface area contributed by atoms with Gasteiger partial charge in [-0.1, -0.05) is 24.6 Å². The van der Waals surface area contributed by atoms with Gasteiger partial charge in [0.1, 0.15) is 11.6 Å². The number of hydrogen-bond acceptors (Lipinski definition) is 5. The summed E-state index contributed by atoms with van der Waals surface area (Å²) in [6.07, 6.45) is 6.06. The third-order valence-electron chi connectivity index (χ3n) is 7.16. The van der Waals surface area contributed by atoms with E-state index in [-0.39, 0.29) is 23.8 Å². The third-order valence-corrected chi connectivity index (χ3v) is 7.16. The Bertz CT molecular complexity index is 1050.